The topological polar surface area (TPSA) is 21.3 Å². The Hall–Kier alpha value is -0.0800. The Kier molecular flexibility index (Phi) is 5.53. The third-order valence-corrected chi connectivity index (χ3v) is 5.61. The number of ether oxygens (including phenoxy) is 1. The maximum Gasteiger partial charge on any atom is 0.0656 e. The summed E-state index contributed by atoms with van der Waals surface area (Å²) >= 11 is 0. The smallest absolute Gasteiger partial charge is 0.0656 e. The molecular formula is C18H35NO. The third-order valence-electron chi connectivity index (χ3n) is 5.61. The van der Waals surface area contributed by atoms with Crippen LogP contribution in [0.2, 0.25) is 0 Å². The van der Waals surface area contributed by atoms with E-state index in [0.29, 0.717) is 23.5 Å². The van der Waals surface area contributed by atoms with E-state index >= 15 is 0 Å². The van der Waals surface area contributed by atoms with Gasteiger partial charge in [-0.1, -0.05) is 53.9 Å². The van der Waals surface area contributed by atoms with Crippen LogP contribution in [0.15, 0.2) is 0 Å². The Morgan fingerprint density at radius 1 is 1.20 bits per heavy atom. The summed E-state index contributed by atoms with van der Waals surface area (Å²) in [7, 11) is 0. The minimum absolute atomic E-state index is 0.300. The van der Waals surface area contributed by atoms with Gasteiger partial charge in [0.25, 0.3) is 0 Å². The molecule has 1 N–H and O–H groups in total. The van der Waals surface area contributed by atoms with Gasteiger partial charge < -0.3 is 10.1 Å². The number of hydrogen-bond donors (Lipinski definition) is 1. The van der Waals surface area contributed by atoms with Crippen LogP contribution in [-0.2, 0) is 4.74 Å². The van der Waals surface area contributed by atoms with Crippen LogP contribution in [-0.4, -0.2) is 24.8 Å². The van der Waals surface area contributed by atoms with Crippen molar-refractivity contribution in [1.82, 2.24) is 5.32 Å². The molecule has 2 rings (SSSR count). The molecule has 0 saturated heterocycles. The van der Waals surface area contributed by atoms with Crippen LogP contribution in [0.1, 0.15) is 73.1 Å². The minimum Gasteiger partial charge on any atom is -0.377 e. The average Bonchev–Trinajstić information content (AvgIpc) is 2.42. The molecule has 0 heterocycles. The highest BCUT2D eigenvalue weighted by Crippen LogP contribution is 2.44. The molecule has 0 aliphatic heterocycles. The Morgan fingerprint density at radius 3 is 2.55 bits per heavy atom. The lowest BCUT2D eigenvalue weighted by atomic mass is 9.64. The summed E-state index contributed by atoms with van der Waals surface area (Å²) in [6.45, 7) is 12.5. The fraction of sp³-hybridized carbons (Fsp3) is 1.00. The summed E-state index contributed by atoms with van der Waals surface area (Å²) in [6.07, 6.45) is 8.63. The number of nitrogens with one attached hydrogen (secondary N) is 1. The molecular weight excluding hydrogens is 246 g/mol. The Balaban J connectivity index is 1.77. The highest BCUT2D eigenvalue weighted by Gasteiger charge is 2.49. The molecule has 2 fully saturated rings. The Bertz CT molecular complexity index is 300. The van der Waals surface area contributed by atoms with Crippen molar-refractivity contribution in [2.24, 2.45) is 17.3 Å². The molecule has 0 aromatic heterocycles. The SMILES string of the molecule is CCC1CCCC(NC2CC(OCC(C)C)C2(C)C)C1. The molecule has 2 aliphatic rings. The minimum atomic E-state index is 0.300. The van der Waals surface area contributed by atoms with Crippen molar-refractivity contribution in [3.8, 4) is 0 Å². The van der Waals surface area contributed by atoms with Gasteiger partial charge in [0, 0.05) is 24.1 Å². The largest absolute Gasteiger partial charge is 0.377 e. The molecule has 0 spiro atoms. The Morgan fingerprint density at radius 2 is 1.95 bits per heavy atom. The second-order valence-electron chi connectivity index (χ2n) is 8.13. The molecule has 118 valence electrons. The first kappa shape index (κ1) is 16.3. The second-order valence-corrected chi connectivity index (χ2v) is 8.13. The zero-order chi connectivity index (χ0) is 14.8. The zero-order valence-corrected chi connectivity index (χ0v) is 14.2. The van der Waals surface area contributed by atoms with Crippen molar-refractivity contribution in [3.63, 3.8) is 0 Å². The fourth-order valence-corrected chi connectivity index (χ4v) is 3.86. The molecule has 0 aromatic carbocycles. The van der Waals surface area contributed by atoms with Crippen LogP contribution < -0.4 is 5.32 Å². The van der Waals surface area contributed by atoms with Gasteiger partial charge in [-0.25, -0.2) is 0 Å². The van der Waals surface area contributed by atoms with Crippen LogP contribution in [0.25, 0.3) is 0 Å². The maximum absolute atomic E-state index is 6.08. The quantitative estimate of drug-likeness (QED) is 0.780. The van der Waals surface area contributed by atoms with E-state index in [2.05, 4.69) is 39.9 Å². The summed E-state index contributed by atoms with van der Waals surface area (Å²) in [5.41, 5.74) is 0.300. The zero-order valence-electron chi connectivity index (χ0n) is 14.2. The molecule has 2 nitrogen and oxygen atoms in total. The lowest BCUT2D eigenvalue weighted by Gasteiger charge is -2.53. The fourth-order valence-electron chi connectivity index (χ4n) is 3.86. The van der Waals surface area contributed by atoms with Crippen LogP contribution >= 0.6 is 0 Å². The van der Waals surface area contributed by atoms with Gasteiger partial charge in [-0.2, -0.15) is 0 Å². The second kappa shape index (κ2) is 6.79. The molecule has 2 saturated carbocycles. The third kappa shape index (κ3) is 3.76. The number of hydrogen-bond acceptors (Lipinski definition) is 2. The van der Waals surface area contributed by atoms with Gasteiger partial charge >= 0.3 is 0 Å². The average molecular weight is 281 g/mol. The molecule has 2 aliphatic carbocycles. The van der Waals surface area contributed by atoms with Gasteiger partial charge in [0.2, 0.25) is 0 Å². The highest BCUT2D eigenvalue weighted by atomic mass is 16.5. The van der Waals surface area contributed by atoms with E-state index in [0.717, 1.165) is 18.6 Å². The van der Waals surface area contributed by atoms with E-state index in [-0.39, 0.29) is 0 Å². The molecule has 0 radical (unpaired) electrons. The predicted octanol–water partition coefficient (Wildman–Crippen LogP) is 4.38. The van der Waals surface area contributed by atoms with Gasteiger partial charge in [-0.05, 0) is 31.1 Å². The van der Waals surface area contributed by atoms with Crippen molar-refractivity contribution >= 4 is 0 Å². The molecule has 4 unspecified atom stereocenters. The first-order valence-corrected chi connectivity index (χ1v) is 8.81. The van der Waals surface area contributed by atoms with Crippen molar-refractivity contribution < 1.29 is 4.74 Å². The molecule has 0 bridgehead atoms. The summed E-state index contributed by atoms with van der Waals surface area (Å²) in [5, 5.41) is 3.95. The van der Waals surface area contributed by atoms with Gasteiger partial charge in [0.05, 0.1) is 6.10 Å². The summed E-state index contributed by atoms with van der Waals surface area (Å²) in [5.74, 6) is 1.60. The van der Waals surface area contributed by atoms with Crippen LogP contribution in [0.3, 0.4) is 0 Å². The first-order chi connectivity index (χ1) is 9.43. The van der Waals surface area contributed by atoms with Crippen LogP contribution in [0.4, 0.5) is 0 Å². The summed E-state index contributed by atoms with van der Waals surface area (Å²) in [6, 6.07) is 1.41. The summed E-state index contributed by atoms with van der Waals surface area (Å²) in [4.78, 5) is 0. The van der Waals surface area contributed by atoms with E-state index in [1.807, 2.05) is 0 Å². The van der Waals surface area contributed by atoms with E-state index in [9.17, 15) is 0 Å². The van der Waals surface area contributed by atoms with E-state index in [1.165, 1.54) is 38.5 Å². The standard InChI is InChI=1S/C18H35NO/c1-6-14-8-7-9-15(10-14)19-16-11-17(18(16,4)5)20-12-13(2)3/h13-17,19H,6-12H2,1-5H3. The monoisotopic (exact) mass is 281 g/mol. The maximum atomic E-state index is 6.08. The molecule has 4 atom stereocenters. The molecule has 2 heteroatoms. The van der Waals surface area contributed by atoms with Crippen molar-refractivity contribution in [2.75, 3.05) is 6.61 Å². The lowest BCUT2D eigenvalue weighted by Crippen LogP contribution is -2.63. The lowest BCUT2D eigenvalue weighted by molar-refractivity contribution is -0.126. The number of rotatable bonds is 6. The van der Waals surface area contributed by atoms with Crippen molar-refractivity contribution in [3.05, 3.63) is 0 Å². The summed E-state index contributed by atoms with van der Waals surface area (Å²) < 4.78 is 6.08. The van der Waals surface area contributed by atoms with Gasteiger partial charge in [-0.15, -0.1) is 0 Å². The molecule has 20 heavy (non-hydrogen) atoms. The Labute approximate surface area is 126 Å². The van der Waals surface area contributed by atoms with Gasteiger partial charge in [0.1, 0.15) is 0 Å². The van der Waals surface area contributed by atoms with Gasteiger partial charge in [0.15, 0.2) is 0 Å². The van der Waals surface area contributed by atoms with Crippen molar-refractivity contribution in [2.45, 2.75) is 91.3 Å². The van der Waals surface area contributed by atoms with E-state index < -0.39 is 0 Å². The van der Waals surface area contributed by atoms with Crippen LogP contribution in [0, 0.1) is 17.3 Å². The van der Waals surface area contributed by atoms with E-state index in [1.54, 1.807) is 0 Å². The molecule has 0 amide bonds. The van der Waals surface area contributed by atoms with Crippen LogP contribution in [0.5, 0.6) is 0 Å². The van der Waals surface area contributed by atoms with E-state index in [4.69, 9.17) is 4.74 Å². The predicted molar refractivity (Wildman–Crippen MR) is 85.9 cm³/mol. The molecule has 0 aromatic rings. The van der Waals surface area contributed by atoms with Crippen molar-refractivity contribution in [1.29, 1.82) is 0 Å². The highest BCUT2D eigenvalue weighted by molar-refractivity contribution is 5.04. The first-order valence-electron chi connectivity index (χ1n) is 8.81. The van der Waals surface area contributed by atoms with Gasteiger partial charge in [-0.3, -0.25) is 0 Å². The normalized spacial score (nSPS) is 36.9.